The summed E-state index contributed by atoms with van der Waals surface area (Å²) < 4.78 is 57.7. The third-order valence-corrected chi connectivity index (χ3v) is 8.75. The van der Waals surface area contributed by atoms with Crippen molar-refractivity contribution in [3.8, 4) is 0 Å². The Balaban J connectivity index is 1.62. The Bertz CT molecular complexity index is 1200. The highest BCUT2D eigenvalue weighted by molar-refractivity contribution is 7.92. The molecule has 3 rings (SSSR count). The maximum atomic E-state index is 12.8. The van der Waals surface area contributed by atoms with Crippen molar-refractivity contribution in [3.63, 3.8) is 0 Å². The fourth-order valence-electron chi connectivity index (χ4n) is 3.51. The quantitative estimate of drug-likeness (QED) is 0.470. The Kier molecular flexibility index (Phi) is 8.94. The Morgan fingerprint density at radius 2 is 1.71 bits per heavy atom. The van der Waals surface area contributed by atoms with Crippen LogP contribution in [0.2, 0.25) is 5.02 Å². The van der Waals surface area contributed by atoms with E-state index in [1.54, 1.807) is 6.07 Å². The van der Waals surface area contributed by atoms with E-state index in [1.807, 2.05) is 18.2 Å². The number of aryl methyl sites for hydroxylation is 1. The first kappa shape index (κ1) is 26.4. The number of hydrogen-bond donors (Lipinski definition) is 1. The number of carbonyl (C=O) groups is 1. The van der Waals surface area contributed by atoms with E-state index >= 15 is 0 Å². The number of anilines is 1. The molecule has 0 saturated carbocycles. The average molecular weight is 530 g/mol. The van der Waals surface area contributed by atoms with Crippen LogP contribution in [0.3, 0.4) is 0 Å². The van der Waals surface area contributed by atoms with E-state index in [2.05, 4.69) is 5.32 Å². The fraction of sp³-hybridized carbons (Fsp3) is 0.409. The number of ether oxygens (including phenoxy) is 1. The number of nitrogens with one attached hydrogen (secondary N) is 1. The first-order valence-corrected chi connectivity index (χ1v) is 14.4. The van der Waals surface area contributed by atoms with Gasteiger partial charge in [0.15, 0.2) is 0 Å². The second-order valence-electron chi connectivity index (χ2n) is 7.82. The predicted molar refractivity (Wildman–Crippen MR) is 131 cm³/mol. The lowest BCUT2D eigenvalue weighted by atomic mass is 10.1. The number of rotatable bonds is 10. The summed E-state index contributed by atoms with van der Waals surface area (Å²) in [6.45, 7) is 1.12. The van der Waals surface area contributed by atoms with Gasteiger partial charge in [-0.25, -0.2) is 16.8 Å². The molecule has 0 radical (unpaired) electrons. The van der Waals surface area contributed by atoms with Crippen LogP contribution in [0.4, 0.5) is 5.69 Å². The Labute approximate surface area is 205 Å². The highest BCUT2D eigenvalue weighted by Crippen LogP contribution is 2.23. The number of nitrogens with zero attached hydrogens (tertiary/aromatic N) is 2. The standard InChI is InChI=1S/C22H28ClN3O6S2/c1-33(28,29)26(17-22(27)24-12-4-6-18-5-2-3-7-21(18)23)19-8-10-20(11-9-19)34(30,31)25-13-15-32-16-14-25/h2-3,5,7-11H,4,6,12-17H2,1H3,(H,24,27). The van der Waals surface area contributed by atoms with E-state index in [0.717, 1.165) is 16.1 Å². The maximum Gasteiger partial charge on any atom is 0.243 e. The largest absolute Gasteiger partial charge is 0.379 e. The molecular formula is C22H28ClN3O6S2. The molecule has 2 aromatic carbocycles. The van der Waals surface area contributed by atoms with Crippen LogP contribution in [0.5, 0.6) is 0 Å². The zero-order valence-electron chi connectivity index (χ0n) is 18.8. The lowest BCUT2D eigenvalue weighted by Crippen LogP contribution is -2.41. The molecule has 0 unspecified atom stereocenters. The molecule has 12 heteroatoms. The third kappa shape index (κ3) is 6.92. The van der Waals surface area contributed by atoms with Crippen molar-refractivity contribution in [3.05, 3.63) is 59.1 Å². The number of carbonyl (C=O) groups excluding carboxylic acids is 1. The van der Waals surface area contributed by atoms with E-state index < -0.39 is 32.5 Å². The summed E-state index contributed by atoms with van der Waals surface area (Å²) in [6, 6.07) is 12.9. The van der Waals surface area contributed by atoms with Gasteiger partial charge in [0.2, 0.25) is 26.0 Å². The summed E-state index contributed by atoms with van der Waals surface area (Å²) in [7, 11) is -7.49. The van der Waals surface area contributed by atoms with Gasteiger partial charge in [-0.05, 0) is 48.7 Å². The second-order valence-corrected chi connectivity index (χ2v) is 12.1. The molecule has 1 heterocycles. The number of hydrogen-bond acceptors (Lipinski definition) is 6. The molecule has 186 valence electrons. The summed E-state index contributed by atoms with van der Waals surface area (Å²) in [6.07, 6.45) is 2.31. The topological polar surface area (TPSA) is 113 Å². The Hall–Kier alpha value is -2.18. The zero-order chi connectivity index (χ0) is 24.8. The number of amides is 1. The molecule has 0 aromatic heterocycles. The third-order valence-electron chi connectivity index (χ3n) is 5.32. The molecular weight excluding hydrogens is 502 g/mol. The molecule has 1 aliphatic heterocycles. The number of halogens is 1. The molecule has 34 heavy (non-hydrogen) atoms. The monoisotopic (exact) mass is 529 g/mol. The van der Waals surface area contributed by atoms with Crippen LogP contribution in [0.1, 0.15) is 12.0 Å². The van der Waals surface area contributed by atoms with Crippen molar-refractivity contribution in [1.82, 2.24) is 9.62 Å². The van der Waals surface area contributed by atoms with Gasteiger partial charge in [0.25, 0.3) is 0 Å². The van der Waals surface area contributed by atoms with Crippen LogP contribution in [0.25, 0.3) is 0 Å². The molecule has 0 aliphatic carbocycles. The molecule has 0 spiro atoms. The average Bonchev–Trinajstić information content (AvgIpc) is 2.81. The van der Waals surface area contributed by atoms with Crippen molar-refractivity contribution in [2.24, 2.45) is 0 Å². The fourth-order valence-corrected chi connectivity index (χ4v) is 6.01. The summed E-state index contributed by atoms with van der Waals surface area (Å²) in [5.41, 5.74) is 1.18. The van der Waals surface area contributed by atoms with Crippen molar-refractivity contribution < 1.29 is 26.4 Å². The SMILES string of the molecule is CS(=O)(=O)N(CC(=O)NCCCc1ccccc1Cl)c1ccc(S(=O)(=O)N2CCOCC2)cc1. The minimum atomic E-state index is -3.78. The summed E-state index contributed by atoms with van der Waals surface area (Å²) in [4.78, 5) is 12.5. The van der Waals surface area contributed by atoms with E-state index in [9.17, 15) is 21.6 Å². The lowest BCUT2D eigenvalue weighted by molar-refractivity contribution is -0.119. The van der Waals surface area contributed by atoms with Crippen LogP contribution in [-0.4, -0.2) is 72.7 Å². The minimum Gasteiger partial charge on any atom is -0.379 e. The van der Waals surface area contributed by atoms with Gasteiger partial charge in [-0.15, -0.1) is 0 Å². The Morgan fingerprint density at radius 3 is 2.32 bits per heavy atom. The van der Waals surface area contributed by atoms with Crippen LogP contribution >= 0.6 is 11.6 Å². The molecule has 9 nitrogen and oxygen atoms in total. The van der Waals surface area contributed by atoms with E-state index in [1.165, 1.54) is 28.6 Å². The molecule has 1 fully saturated rings. The molecule has 1 saturated heterocycles. The summed E-state index contributed by atoms with van der Waals surface area (Å²) >= 11 is 6.13. The molecule has 0 atom stereocenters. The predicted octanol–water partition coefficient (Wildman–Crippen LogP) is 1.88. The highest BCUT2D eigenvalue weighted by atomic mass is 35.5. The van der Waals surface area contributed by atoms with Gasteiger partial charge in [0.05, 0.1) is 30.1 Å². The number of sulfonamides is 2. The molecule has 1 N–H and O–H groups in total. The molecule has 0 bridgehead atoms. The van der Waals surface area contributed by atoms with Crippen LogP contribution in [0.15, 0.2) is 53.4 Å². The lowest BCUT2D eigenvalue weighted by Gasteiger charge is -2.26. The van der Waals surface area contributed by atoms with Crippen LogP contribution < -0.4 is 9.62 Å². The summed E-state index contributed by atoms with van der Waals surface area (Å²) in [5, 5.41) is 3.38. The van der Waals surface area contributed by atoms with Crippen molar-refractivity contribution >= 4 is 43.2 Å². The van der Waals surface area contributed by atoms with E-state index in [4.69, 9.17) is 16.3 Å². The molecule has 1 aliphatic rings. The van der Waals surface area contributed by atoms with Gasteiger partial charge in [0.1, 0.15) is 6.54 Å². The van der Waals surface area contributed by atoms with Crippen molar-refractivity contribution in [2.45, 2.75) is 17.7 Å². The Morgan fingerprint density at radius 1 is 1.06 bits per heavy atom. The first-order valence-electron chi connectivity index (χ1n) is 10.7. The number of morpholine rings is 1. The second kappa shape index (κ2) is 11.5. The van der Waals surface area contributed by atoms with Crippen molar-refractivity contribution in [1.29, 1.82) is 0 Å². The van der Waals surface area contributed by atoms with Gasteiger partial charge in [-0.2, -0.15) is 4.31 Å². The highest BCUT2D eigenvalue weighted by Gasteiger charge is 2.27. The minimum absolute atomic E-state index is 0.0515. The maximum absolute atomic E-state index is 12.8. The van der Waals surface area contributed by atoms with Gasteiger partial charge < -0.3 is 10.1 Å². The van der Waals surface area contributed by atoms with Gasteiger partial charge in [-0.3, -0.25) is 9.10 Å². The first-order chi connectivity index (χ1) is 16.1. The van der Waals surface area contributed by atoms with E-state index in [-0.39, 0.29) is 23.7 Å². The normalized spacial score (nSPS) is 15.1. The van der Waals surface area contributed by atoms with Gasteiger partial charge >= 0.3 is 0 Å². The number of benzene rings is 2. The van der Waals surface area contributed by atoms with Gasteiger partial charge in [0, 0.05) is 24.7 Å². The van der Waals surface area contributed by atoms with Crippen LogP contribution in [-0.2, 0) is 36.0 Å². The van der Waals surface area contributed by atoms with Crippen molar-refractivity contribution in [2.75, 3.05) is 50.0 Å². The zero-order valence-corrected chi connectivity index (χ0v) is 21.2. The smallest absolute Gasteiger partial charge is 0.243 e. The summed E-state index contributed by atoms with van der Waals surface area (Å²) in [5.74, 6) is -0.463. The van der Waals surface area contributed by atoms with Crippen LogP contribution in [0, 0.1) is 0 Å². The van der Waals surface area contributed by atoms with E-state index in [0.29, 0.717) is 37.6 Å². The molecule has 1 amide bonds. The van der Waals surface area contributed by atoms with Gasteiger partial charge in [-0.1, -0.05) is 29.8 Å². The molecule has 2 aromatic rings.